The SMILES string of the molecule is CCOc1cc(/C=C2/SC(=O)N(Cc3ccc(C(=O)OC)o3)C2=O)c(Br)cc1OCC(=O)Nc1ccccc1. The molecule has 202 valence electrons. The Bertz CT molecular complexity index is 1440. The van der Waals surface area contributed by atoms with Crippen LogP contribution < -0.4 is 14.8 Å². The minimum Gasteiger partial charge on any atom is -0.490 e. The average molecular weight is 615 g/mol. The minimum atomic E-state index is -0.658. The number of para-hydroxylation sites is 1. The predicted molar refractivity (Wildman–Crippen MR) is 147 cm³/mol. The lowest BCUT2D eigenvalue weighted by molar-refractivity contribution is -0.123. The molecule has 1 aromatic heterocycles. The molecule has 39 heavy (non-hydrogen) atoms. The van der Waals surface area contributed by atoms with E-state index in [4.69, 9.17) is 13.9 Å². The van der Waals surface area contributed by atoms with Gasteiger partial charge in [-0.1, -0.05) is 34.1 Å². The summed E-state index contributed by atoms with van der Waals surface area (Å²) in [6.45, 7) is 1.76. The van der Waals surface area contributed by atoms with E-state index in [0.29, 0.717) is 33.8 Å². The van der Waals surface area contributed by atoms with Gasteiger partial charge < -0.3 is 23.9 Å². The molecule has 12 heteroatoms. The molecular weight excluding hydrogens is 592 g/mol. The average Bonchev–Trinajstić information content (AvgIpc) is 3.50. The second kappa shape index (κ2) is 12.7. The second-order valence-electron chi connectivity index (χ2n) is 7.98. The number of amides is 3. The summed E-state index contributed by atoms with van der Waals surface area (Å²) in [6, 6.07) is 15.2. The summed E-state index contributed by atoms with van der Waals surface area (Å²) < 4.78 is 22.0. The molecular formula is C27H23BrN2O8S. The van der Waals surface area contributed by atoms with E-state index < -0.39 is 17.1 Å². The van der Waals surface area contributed by atoms with Gasteiger partial charge in [-0.25, -0.2) is 4.79 Å². The van der Waals surface area contributed by atoms with E-state index in [9.17, 15) is 19.2 Å². The molecule has 0 bridgehead atoms. The summed E-state index contributed by atoms with van der Waals surface area (Å²) in [5.74, 6) is -0.578. The highest BCUT2D eigenvalue weighted by molar-refractivity contribution is 9.10. The molecule has 0 atom stereocenters. The first kappa shape index (κ1) is 28.0. The standard InChI is InChI=1S/C27H23BrN2O8S/c1-3-36-21-11-16(19(28)13-22(21)37-15-24(31)29-17-7-5-4-6-8-17)12-23-25(32)30(27(34)39-23)14-18-9-10-20(38-18)26(33)35-2/h4-13H,3,14-15H2,1-2H3,(H,29,31)/b23-12+. The lowest BCUT2D eigenvalue weighted by Crippen LogP contribution is -2.27. The van der Waals surface area contributed by atoms with E-state index in [-0.39, 0.29) is 35.5 Å². The normalized spacial score (nSPS) is 14.0. The number of hydrogen-bond donors (Lipinski definition) is 1. The van der Waals surface area contributed by atoms with Crippen LogP contribution in [-0.2, 0) is 20.9 Å². The van der Waals surface area contributed by atoms with Gasteiger partial charge in [0.1, 0.15) is 5.76 Å². The van der Waals surface area contributed by atoms with Crippen LogP contribution in [0.2, 0.25) is 0 Å². The monoisotopic (exact) mass is 614 g/mol. The zero-order valence-electron chi connectivity index (χ0n) is 20.9. The van der Waals surface area contributed by atoms with Crippen molar-refractivity contribution in [3.8, 4) is 11.5 Å². The van der Waals surface area contributed by atoms with Gasteiger partial charge in [0.15, 0.2) is 18.1 Å². The smallest absolute Gasteiger partial charge is 0.373 e. The maximum atomic E-state index is 13.0. The highest BCUT2D eigenvalue weighted by atomic mass is 79.9. The Kier molecular flexibility index (Phi) is 9.10. The quantitative estimate of drug-likeness (QED) is 0.233. The fourth-order valence-electron chi connectivity index (χ4n) is 3.51. The van der Waals surface area contributed by atoms with Crippen molar-refractivity contribution in [1.29, 1.82) is 0 Å². The lowest BCUT2D eigenvalue weighted by Gasteiger charge is -2.14. The van der Waals surface area contributed by atoms with E-state index in [2.05, 4.69) is 26.0 Å². The molecule has 0 unspecified atom stereocenters. The molecule has 3 aromatic rings. The number of esters is 1. The van der Waals surface area contributed by atoms with Crippen LogP contribution in [0.4, 0.5) is 10.5 Å². The molecule has 0 aliphatic carbocycles. The summed E-state index contributed by atoms with van der Waals surface area (Å²) >= 11 is 4.25. The number of carbonyl (C=O) groups excluding carboxylic acids is 4. The van der Waals surface area contributed by atoms with Crippen LogP contribution in [0.25, 0.3) is 6.08 Å². The zero-order valence-corrected chi connectivity index (χ0v) is 23.3. The molecule has 2 aromatic carbocycles. The Morgan fingerprint density at radius 1 is 1.08 bits per heavy atom. The summed E-state index contributed by atoms with van der Waals surface area (Å²) in [7, 11) is 1.22. The number of halogens is 1. The van der Waals surface area contributed by atoms with E-state index in [0.717, 1.165) is 16.7 Å². The van der Waals surface area contributed by atoms with Gasteiger partial charge in [0.2, 0.25) is 5.76 Å². The summed E-state index contributed by atoms with van der Waals surface area (Å²) in [4.78, 5) is 50.7. The van der Waals surface area contributed by atoms with E-state index in [1.54, 1.807) is 37.3 Å². The fraction of sp³-hybridized carbons (Fsp3) is 0.185. The van der Waals surface area contributed by atoms with Crippen molar-refractivity contribution in [2.45, 2.75) is 13.5 Å². The Morgan fingerprint density at radius 3 is 2.54 bits per heavy atom. The van der Waals surface area contributed by atoms with Crippen LogP contribution in [0.1, 0.15) is 28.8 Å². The first-order chi connectivity index (χ1) is 18.8. The number of imide groups is 1. The van der Waals surface area contributed by atoms with E-state index in [1.165, 1.54) is 19.2 Å². The van der Waals surface area contributed by atoms with Gasteiger partial charge in [-0.15, -0.1) is 0 Å². The van der Waals surface area contributed by atoms with Crippen molar-refractivity contribution in [1.82, 2.24) is 4.90 Å². The van der Waals surface area contributed by atoms with Gasteiger partial charge in [-0.05, 0) is 66.7 Å². The van der Waals surface area contributed by atoms with Crippen LogP contribution in [0.15, 0.2) is 68.4 Å². The maximum absolute atomic E-state index is 13.0. The molecule has 10 nitrogen and oxygen atoms in total. The number of nitrogens with one attached hydrogen (secondary N) is 1. The van der Waals surface area contributed by atoms with Crippen molar-refractivity contribution in [2.75, 3.05) is 25.6 Å². The number of carbonyl (C=O) groups is 4. The third-order valence-electron chi connectivity index (χ3n) is 5.30. The van der Waals surface area contributed by atoms with Crippen LogP contribution >= 0.6 is 27.7 Å². The van der Waals surface area contributed by atoms with Crippen molar-refractivity contribution >= 4 is 62.5 Å². The number of methoxy groups -OCH3 is 1. The Balaban J connectivity index is 1.48. The predicted octanol–water partition coefficient (Wildman–Crippen LogP) is 5.48. The number of furan rings is 1. The first-order valence-corrected chi connectivity index (χ1v) is 13.3. The fourth-order valence-corrected chi connectivity index (χ4v) is 4.78. The number of rotatable bonds is 10. The van der Waals surface area contributed by atoms with E-state index in [1.807, 2.05) is 18.2 Å². The number of ether oxygens (including phenoxy) is 3. The largest absolute Gasteiger partial charge is 0.490 e. The molecule has 1 aliphatic rings. The van der Waals surface area contributed by atoms with Crippen LogP contribution in [-0.4, -0.2) is 48.2 Å². The second-order valence-corrected chi connectivity index (χ2v) is 9.83. The first-order valence-electron chi connectivity index (χ1n) is 11.7. The third-order valence-corrected chi connectivity index (χ3v) is 6.90. The molecule has 2 heterocycles. The van der Waals surface area contributed by atoms with Gasteiger partial charge in [0.05, 0.1) is 25.2 Å². The Morgan fingerprint density at radius 2 is 1.82 bits per heavy atom. The molecule has 1 aliphatic heterocycles. The van der Waals surface area contributed by atoms with Crippen molar-refractivity contribution in [3.63, 3.8) is 0 Å². The molecule has 0 radical (unpaired) electrons. The van der Waals surface area contributed by atoms with Gasteiger partial charge in [-0.3, -0.25) is 19.3 Å². The summed E-state index contributed by atoms with van der Waals surface area (Å²) in [6.07, 6.45) is 1.56. The van der Waals surface area contributed by atoms with Crippen molar-refractivity contribution in [2.24, 2.45) is 0 Å². The van der Waals surface area contributed by atoms with Crippen LogP contribution in [0.5, 0.6) is 11.5 Å². The Hall–Kier alpha value is -4.03. The molecule has 3 amide bonds. The molecule has 1 saturated heterocycles. The molecule has 4 rings (SSSR count). The maximum Gasteiger partial charge on any atom is 0.373 e. The Labute approximate surface area is 236 Å². The lowest BCUT2D eigenvalue weighted by atomic mass is 10.1. The number of thioether (sulfide) groups is 1. The molecule has 1 N–H and O–H groups in total. The molecule has 1 fully saturated rings. The minimum absolute atomic E-state index is 0.0257. The number of anilines is 1. The molecule has 0 spiro atoms. The number of nitrogens with zero attached hydrogens (tertiary/aromatic N) is 1. The highest BCUT2D eigenvalue weighted by Gasteiger charge is 2.36. The van der Waals surface area contributed by atoms with Gasteiger partial charge in [0, 0.05) is 10.2 Å². The van der Waals surface area contributed by atoms with Gasteiger partial charge in [-0.2, -0.15) is 0 Å². The summed E-state index contributed by atoms with van der Waals surface area (Å²) in [5, 5.41) is 2.27. The van der Waals surface area contributed by atoms with Gasteiger partial charge >= 0.3 is 5.97 Å². The highest BCUT2D eigenvalue weighted by Crippen LogP contribution is 2.38. The van der Waals surface area contributed by atoms with E-state index >= 15 is 0 Å². The zero-order chi connectivity index (χ0) is 27.9. The van der Waals surface area contributed by atoms with Crippen molar-refractivity contribution < 1.29 is 37.8 Å². The summed E-state index contributed by atoms with van der Waals surface area (Å²) in [5.41, 5.74) is 1.22. The van der Waals surface area contributed by atoms with Gasteiger partial charge in [0.25, 0.3) is 17.1 Å². The number of hydrogen-bond acceptors (Lipinski definition) is 9. The van der Waals surface area contributed by atoms with Crippen LogP contribution in [0.3, 0.4) is 0 Å². The molecule has 0 saturated carbocycles. The third kappa shape index (κ3) is 6.89. The van der Waals surface area contributed by atoms with Crippen LogP contribution in [0, 0.1) is 0 Å². The topological polar surface area (TPSA) is 124 Å². The number of benzene rings is 2. The van der Waals surface area contributed by atoms with Crippen molar-refractivity contribution in [3.05, 3.63) is 81.1 Å².